The molecule has 2 aromatic rings. The van der Waals surface area contributed by atoms with Gasteiger partial charge in [-0.15, -0.1) is 0 Å². The summed E-state index contributed by atoms with van der Waals surface area (Å²) in [6.45, 7) is 1.28. The van der Waals surface area contributed by atoms with Crippen LogP contribution in [0.5, 0.6) is 0 Å². The van der Waals surface area contributed by atoms with Crippen LogP contribution in [-0.2, 0) is 11.3 Å². The van der Waals surface area contributed by atoms with E-state index in [2.05, 4.69) is 9.97 Å². The Kier molecular flexibility index (Phi) is 2.97. The quantitative estimate of drug-likeness (QED) is 0.837. The third kappa shape index (κ3) is 1.97. The van der Waals surface area contributed by atoms with Crippen LogP contribution in [0.3, 0.4) is 0 Å². The van der Waals surface area contributed by atoms with Gasteiger partial charge in [-0.1, -0.05) is 0 Å². The Morgan fingerprint density at radius 2 is 2.50 bits per heavy atom. The van der Waals surface area contributed by atoms with Crippen molar-refractivity contribution in [3.05, 3.63) is 33.5 Å². The van der Waals surface area contributed by atoms with Gasteiger partial charge in [0.15, 0.2) is 4.77 Å². The molecule has 1 atom stereocenters. The van der Waals surface area contributed by atoms with Gasteiger partial charge in [0.05, 0.1) is 18.0 Å². The summed E-state index contributed by atoms with van der Waals surface area (Å²) in [5.74, 6) is 0. The van der Waals surface area contributed by atoms with Crippen LogP contribution in [0, 0.1) is 4.77 Å². The number of rotatable bonds is 2. The van der Waals surface area contributed by atoms with E-state index in [1.54, 1.807) is 22.9 Å². The van der Waals surface area contributed by atoms with E-state index in [9.17, 15) is 4.79 Å². The highest BCUT2D eigenvalue weighted by Gasteiger charge is 2.17. The molecule has 3 heterocycles. The Morgan fingerprint density at radius 3 is 3.28 bits per heavy atom. The Bertz CT molecular complexity index is 686. The summed E-state index contributed by atoms with van der Waals surface area (Å²) in [6.07, 6.45) is 3.75. The molecule has 3 rings (SSSR count). The van der Waals surface area contributed by atoms with E-state index in [4.69, 9.17) is 17.0 Å². The molecule has 0 amide bonds. The summed E-state index contributed by atoms with van der Waals surface area (Å²) < 4.78 is 7.51. The number of nitrogens with zero attached hydrogens (tertiary/aromatic N) is 2. The molecular weight excluding hydrogens is 250 g/mol. The molecule has 1 aliphatic heterocycles. The maximum absolute atomic E-state index is 12.3. The number of aromatic amines is 1. The summed E-state index contributed by atoms with van der Waals surface area (Å²) in [4.78, 5) is 19.4. The van der Waals surface area contributed by atoms with Gasteiger partial charge >= 0.3 is 0 Å². The van der Waals surface area contributed by atoms with Crippen LogP contribution in [0.25, 0.3) is 11.0 Å². The van der Waals surface area contributed by atoms with Crippen LogP contribution in [0.1, 0.15) is 12.8 Å². The molecule has 0 bridgehead atoms. The second-order valence-electron chi connectivity index (χ2n) is 4.38. The molecule has 0 saturated carbocycles. The Balaban J connectivity index is 2.11. The van der Waals surface area contributed by atoms with Gasteiger partial charge in [-0.25, -0.2) is 4.98 Å². The minimum Gasteiger partial charge on any atom is -0.376 e. The number of H-pyrrole nitrogens is 1. The SMILES string of the molecule is O=c1c2cccnc2[nH]c(=S)n1CC1CCCO1. The van der Waals surface area contributed by atoms with Crippen LogP contribution in [0.4, 0.5) is 0 Å². The molecule has 1 saturated heterocycles. The summed E-state index contributed by atoms with van der Waals surface area (Å²) in [7, 11) is 0. The molecule has 0 radical (unpaired) electrons. The minimum atomic E-state index is -0.0997. The second kappa shape index (κ2) is 4.62. The fraction of sp³-hybridized carbons (Fsp3) is 0.417. The number of pyridine rings is 1. The Labute approximate surface area is 108 Å². The minimum absolute atomic E-state index is 0.0897. The van der Waals surface area contributed by atoms with E-state index >= 15 is 0 Å². The average Bonchev–Trinajstić information content (AvgIpc) is 2.87. The normalized spacial score (nSPS) is 19.4. The molecule has 1 fully saturated rings. The van der Waals surface area contributed by atoms with Crippen molar-refractivity contribution in [2.75, 3.05) is 6.61 Å². The zero-order valence-corrected chi connectivity index (χ0v) is 10.6. The fourth-order valence-electron chi connectivity index (χ4n) is 2.24. The predicted octanol–water partition coefficient (Wildman–Crippen LogP) is 1.63. The monoisotopic (exact) mass is 263 g/mol. The smallest absolute Gasteiger partial charge is 0.263 e. The maximum atomic E-state index is 12.3. The number of hydrogen-bond donors (Lipinski definition) is 1. The van der Waals surface area contributed by atoms with E-state index in [1.807, 2.05) is 0 Å². The van der Waals surface area contributed by atoms with Gasteiger partial charge in [-0.2, -0.15) is 0 Å². The lowest BCUT2D eigenvalue weighted by molar-refractivity contribution is 0.0957. The average molecular weight is 263 g/mol. The van der Waals surface area contributed by atoms with Crippen molar-refractivity contribution in [2.45, 2.75) is 25.5 Å². The van der Waals surface area contributed by atoms with Crippen molar-refractivity contribution in [3.8, 4) is 0 Å². The molecule has 1 unspecified atom stereocenters. The van der Waals surface area contributed by atoms with Gasteiger partial charge in [0.25, 0.3) is 5.56 Å². The van der Waals surface area contributed by atoms with Gasteiger partial charge in [0.1, 0.15) is 5.65 Å². The molecule has 2 aromatic heterocycles. The Hall–Kier alpha value is -1.53. The zero-order valence-electron chi connectivity index (χ0n) is 9.76. The summed E-state index contributed by atoms with van der Waals surface area (Å²) in [6, 6.07) is 3.50. The van der Waals surface area contributed by atoms with Crippen LogP contribution in [-0.4, -0.2) is 27.2 Å². The molecule has 1 N–H and O–H groups in total. The van der Waals surface area contributed by atoms with Crippen molar-refractivity contribution >= 4 is 23.3 Å². The largest absolute Gasteiger partial charge is 0.376 e. The fourth-order valence-corrected chi connectivity index (χ4v) is 2.50. The number of ether oxygens (including phenoxy) is 1. The third-order valence-electron chi connectivity index (χ3n) is 3.16. The van der Waals surface area contributed by atoms with Crippen molar-refractivity contribution < 1.29 is 4.74 Å². The molecule has 0 aromatic carbocycles. The van der Waals surface area contributed by atoms with E-state index in [1.165, 1.54) is 0 Å². The topological polar surface area (TPSA) is 59.9 Å². The molecule has 6 heteroatoms. The van der Waals surface area contributed by atoms with E-state index in [0.29, 0.717) is 22.3 Å². The summed E-state index contributed by atoms with van der Waals surface area (Å²) >= 11 is 5.21. The van der Waals surface area contributed by atoms with E-state index < -0.39 is 0 Å². The summed E-state index contributed by atoms with van der Waals surface area (Å²) in [5.41, 5.74) is 0.438. The van der Waals surface area contributed by atoms with Crippen molar-refractivity contribution in [3.63, 3.8) is 0 Å². The van der Waals surface area contributed by atoms with E-state index in [0.717, 1.165) is 19.4 Å². The highest BCUT2D eigenvalue weighted by Crippen LogP contribution is 2.13. The van der Waals surface area contributed by atoms with Crippen LogP contribution < -0.4 is 5.56 Å². The lowest BCUT2D eigenvalue weighted by Crippen LogP contribution is -2.28. The first kappa shape index (κ1) is 11.6. The van der Waals surface area contributed by atoms with Crippen molar-refractivity contribution in [1.29, 1.82) is 0 Å². The molecule has 0 spiro atoms. The van der Waals surface area contributed by atoms with Crippen LogP contribution in [0.2, 0.25) is 0 Å². The van der Waals surface area contributed by atoms with Gasteiger partial charge in [0.2, 0.25) is 0 Å². The second-order valence-corrected chi connectivity index (χ2v) is 4.77. The molecule has 0 aliphatic carbocycles. The first-order valence-corrected chi connectivity index (χ1v) is 6.36. The lowest BCUT2D eigenvalue weighted by atomic mass is 10.2. The highest BCUT2D eigenvalue weighted by atomic mass is 32.1. The van der Waals surface area contributed by atoms with Crippen molar-refractivity contribution in [1.82, 2.24) is 14.5 Å². The Morgan fingerprint density at radius 1 is 1.61 bits per heavy atom. The number of hydrogen-bond acceptors (Lipinski definition) is 4. The summed E-state index contributed by atoms with van der Waals surface area (Å²) in [5, 5.41) is 0.559. The van der Waals surface area contributed by atoms with Crippen LogP contribution in [0.15, 0.2) is 23.1 Å². The number of fused-ring (bicyclic) bond motifs is 1. The third-order valence-corrected chi connectivity index (χ3v) is 3.49. The highest BCUT2D eigenvalue weighted by molar-refractivity contribution is 7.71. The van der Waals surface area contributed by atoms with Crippen molar-refractivity contribution in [2.24, 2.45) is 0 Å². The molecule has 18 heavy (non-hydrogen) atoms. The number of nitrogens with one attached hydrogen (secondary N) is 1. The molecule has 1 aliphatic rings. The first-order valence-electron chi connectivity index (χ1n) is 5.95. The number of aromatic nitrogens is 3. The van der Waals surface area contributed by atoms with Gasteiger partial charge in [-0.3, -0.25) is 9.36 Å². The van der Waals surface area contributed by atoms with Gasteiger partial charge < -0.3 is 9.72 Å². The predicted molar refractivity (Wildman–Crippen MR) is 70.2 cm³/mol. The van der Waals surface area contributed by atoms with Gasteiger partial charge in [-0.05, 0) is 37.2 Å². The molecule has 94 valence electrons. The van der Waals surface area contributed by atoms with E-state index in [-0.39, 0.29) is 11.7 Å². The van der Waals surface area contributed by atoms with Crippen LogP contribution >= 0.6 is 12.2 Å². The standard InChI is InChI=1S/C12H13N3O2S/c16-11-9-4-1-5-13-10(9)14-12(18)15(11)7-8-3-2-6-17-8/h1,4-5,8H,2-3,6-7H2,(H,13,14,18). The van der Waals surface area contributed by atoms with Gasteiger partial charge in [0, 0.05) is 12.8 Å². The zero-order chi connectivity index (χ0) is 12.5. The lowest BCUT2D eigenvalue weighted by Gasteiger charge is -2.12. The first-order chi connectivity index (χ1) is 8.75. The molecular formula is C12H13N3O2S. The molecule has 5 nitrogen and oxygen atoms in total. The maximum Gasteiger partial charge on any atom is 0.263 e.